The molecule has 6 heteroatoms. The predicted molar refractivity (Wildman–Crippen MR) is 94.7 cm³/mol. The van der Waals surface area contributed by atoms with E-state index in [4.69, 9.17) is 4.74 Å². The van der Waals surface area contributed by atoms with Crippen LogP contribution < -0.4 is 15.4 Å². The van der Waals surface area contributed by atoms with Crippen LogP contribution in [0.3, 0.4) is 0 Å². The highest BCUT2D eigenvalue weighted by Crippen LogP contribution is 2.27. The molecule has 2 heterocycles. The molecule has 25 heavy (non-hydrogen) atoms. The average Bonchev–Trinajstić information content (AvgIpc) is 2.96. The normalized spacial score (nSPS) is 11.3. The summed E-state index contributed by atoms with van der Waals surface area (Å²) in [7, 11) is 1.56. The molecule has 0 amide bonds. The lowest BCUT2D eigenvalue weighted by Crippen LogP contribution is -2.23. The molecular formula is C19H16N3O3-. The molecule has 0 unspecified atom stereocenters. The highest BCUT2D eigenvalue weighted by molar-refractivity contribution is 6.05. The zero-order valence-corrected chi connectivity index (χ0v) is 14.1. The number of benzene rings is 2. The summed E-state index contributed by atoms with van der Waals surface area (Å²) < 4.78 is 6.31. The second-order valence-electron chi connectivity index (χ2n) is 6.06. The van der Waals surface area contributed by atoms with Gasteiger partial charge in [-0.1, -0.05) is 6.07 Å². The summed E-state index contributed by atoms with van der Waals surface area (Å²) >= 11 is 0. The summed E-state index contributed by atoms with van der Waals surface area (Å²) in [5, 5.41) is 13.2. The van der Waals surface area contributed by atoms with E-state index in [-0.39, 0.29) is 0 Å². The Bertz CT molecular complexity index is 1190. The molecule has 0 saturated heterocycles. The number of ether oxygens (including phenoxy) is 1. The van der Waals surface area contributed by atoms with E-state index in [1.807, 2.05) is 26.0 Å². The first-order valence-corrected chi connectivity index (χ1v) is 7.86. The van der Waals surface area contributed by atoms with Gasteiger partial charge >= 0.3 is 0 Å². The Labute approximate surface area is 143 Å². The Morgan fingerprint density at radius 3 is 2.64 bits per heavy atom. The van der Waals surface area contributed by atoms with Gasteiger partial charge < -0.3 is 14.8 Å². The van der Waals surface area contributed by atoms with Gasteiger partial charge in [0.05, 0.1) is 13.1 Å². The molecule has 0 spiro atoms. The van der Waals surface area contributed by atoms with E-state index in [1.54, 1.807) is 31.4 Å². The van der Waals surface area contributed by atoms with Gasteiger partial charge in [-0.15, -0.1) is 0 Å². The monoisotopic (exact) mass is 334 g/mol. The van der Waals surface area contributed by atoms with Crippen LogP contribution in [-0.4, -0.2) is 21.6 Å². The Morgan fingerprint density at radius 1 is 1.12 bits per heavy atom. The summed E-state index contributed by atoms with van der Waals surface area (Å²) in [6, 6.07) is 10.2. The van der Waals surface area contributed by atoms with Crippen molar-refractivity contribution in [3.05, 3.63) is 57.9 Å². The van der Waals surface area contributed by atoms with Crippen LogP contribution in [-0.2, 0) is 0 Å². The fraction of sp³-hybridized carbons (Fsp3) is 0.158. The van der Waals surface area contributed by atoms with Gasteiger partial charge in [0.25, 0.3) is 5.56 Å². The van der Waals surface area contributed by atoms with E-state index in [2.05, 4.69) is 9.97 Å². The van der Waals surface area contributed by atoms with Gasteiger partial charge in [-0.05, 0) is 55.3 Å². The number of H-pyrrole nitrogens is 1. The van der Waals surface area contributed by atoms with Crippen LogP contribution in [0.2, 0.25) is 0 Å². The lowest BCUT2D eigenvalue weighted by Gasteiger charge is -2.16. The number of fused-ring (bicyclic) bond motifs is 3. The van der Waals surface area contributed by atoms with Gasteiger partial charge in [-0.25, -0.2) is 4.98 Å². The first-order chi connectivity index (χ1) is 12.0. The van der Waals surface area contributed by atoms with Crippen LogP contribution in [0.5, 0.6) is 11.8 Å². The van der Waals surface area contributed by atoms with Crippen LogP contribution in [0.4, 0.5) is 0 Å². The van der Waals surface area contributed by atoms with E-state index in [0.717, 1.165) is 21.2 Å². The molecular weight excluding hydrogens is 318 g/mol. The van der Waals surface area contributed by atoms with E-state index in [0.29, 0.717) is 27.9 Å². The molecule has 0 radical (unpaired) electrons. The predicted octanol–water partition coefficient (Wildman–Crippen LogP) is 2.57. The van der Waals surface area contributed by atoms with Crippen molar-refractivity contribution in [2.75, 3.05) is 7.11 Å². The van der Waals surface area contributed by atoms with Crippen molar-refractivity contribution in [3.8, 4) is 17.4 Å². The molecule has 4 rings (SSSR count). The molecule has 0 saturated carbocycles. The minimum absolute atomic E-state index is 0.307. The number of rotatable bonds is 2. The maximum absolute atomic E-state index is 12.9. The van der Waals surface area contributed by atoms with E-state index in [1.165, 1.54) is 0 Å². The summed E-state index contributed by atoms with van der Waals surface area (Å²) in [6.45, 7) is 3.92. The van der Waals surface area contributed by atoms with Gasteiger partial charge in [0.1, 0.15) is 16.8 Å². The first kappa shape index (κ1) is 15.3. The zero-order valence-electron chi connectivity index (χ0n) is 14.1. The van der Waals surface area contributed by atoms with Crippen LogP contribution in [0.1, 0.15) is 11.1 Å². The van der Waals surface area contributed by atoms with Crippen molar-refractivity contribution in [1.82, 2.24) is 14.5 Å². The van der Waals surface area contributed by atoms with Gasteiger partial charge in [0, 0.05) is 16.6 Å². The molecule has 0 fully saturated rings. The Balaban J connectivity index is 2.06. The molecule has 1 N–H and O–H groups in total. The Hall–Kier alpha value is -3.28. The lowest BCUT2D eigenvalue weighted by molar-refractivity contribution is -0.284. The maximum Gasteiger partial charge on any atom is 0.281 e. The summed E-state index contributed by atoms with van der Waals surface area (Å²) in [4.78, 5) is 20.2. The topological polar surface area (TPSA) is 83.0 Å². The molecule has 0 aliphatic carbocycles. The van der Waals surface area contributed by atoms with Crippen molar-refractivity contribution in [1.29, 1.82) is 0 Å². The van der Waals surface area contributed by atoms with Crippen molar-refractivity contribution < 1.29 is 9.84 Å². The molecule has 0 bridgehead atoms. The molecule has 126 valence electrons. The number of aryl methyl sites for hydroxylation is 2. The van der Waals surface area contributed by atoms with Gasteiger partial charge in [0.2, 0.25) is 0 Å². The Morgan fingerprint density at radius 2 is 1.92 bits per heavy atom. The minimum atomic E-state index is -0.593. The van der Waals surface area contributed by atoms with E-state index in [9.17, 15) is 9.90 Å². The average molecular weight is 334 g/mol. The standard InChI is InChI=1S/C19H17N3O3/c1-10-4-5-12(8-11(10)2)22-18(23)17-16(21-19(22)24)14-9-13(25-3)6-7-15(14)20-17/h4-9,20H,1-3H3,(H,21,24)/p-1. The number of methoxy groups -OCH3 is 1. The molecule has 0 aliphatic heterocycles. The molecule has 2 aromatic carbocycles. The molecule has 4 aromatic rings. The van der Waals surface area contributed by atoms with Crippen LogP contribution in [0.25, 0.3) is 27.6 Å². The number of hydrogen-bond acceptors (Lipinski definition) is 4. The first-order valence-electron chi connectivity index (χ1n) is 7.86. The number of aromatic amines is 1. The summed E-state index contributed by atoms with van der Waals surface area (Å²) in [5.41, 5.74) is 3.61. The van der Waals surface area contributed by atoms with Crippen molar-refractivity contribution in [2.24, 2.45) is 0 Å². The second kappa shape index (κ2) is 5.37. The summed E-state index contributed by atoms with van der Waals surface area (Å²) in [5.74, 6) is 0.640. The van der Waals surface area contributed by atoms with Crippen LogP contribution in [0, 0.1) is 13.8 Å². The van der Waals surface area contributed by atoms with E-state index >= 15 is 0 Å². The number of nitrogens with zero attached hydrogens (tertiary/aromatic N) is 2. The van der Waals surface area contributed by atoms with E-state index < -0.39 is 11.6 Å². The number of hydrogen-bond donors (Lipinski definition) is 1. The van der Waals surface area contributed by atoms with Crippen molar-refractivity contribution in [3.63, 3.8) is 0 Å². The Kier molecular flexibility index (Phi) is 3.28. The lowest BCUT2D eigenvalue weighted by atomic mass is 10.1. The maximum atomic E-state index is 12.9. The number of nitrogens with one attached hydrogen (secondary N) is 1. The third-order valence-electron chi connectivity index (χ3n) is 4.54. The molecule has 2 aromatic heterocycles. The fourth-order valence-corrected chi connectivity index (χ4v) is 2.99. The van der Waals surface area contributed by atoms with Gasteiger partial charge in [-0.3, -0.25) is 9.36 Å². The zero-order chi connectivity index (χ0) is 17.7. The SMILES string of the molecule is COc1ccc2[nH]c3c(=O)n(-c4ccc(C)c(C)c4)c([O-])nc3c2c1. The smallest absolute Gasteiger partial charge is 0.281 e. The fourth-order valence-electron chi connectivity index (χ4n) is 2.99. The van der Waals surface area contributed by atoms with Crippen molar-refractivity contribution >= 4 is 21.9 Å². The quantitative estimate of drug-likeness (QED) is 0.611. The molecule has 0 aliphatic rings. The molecule has 0 atom stereocenters. The molecule has 6 nitrogen and oxygen atoms in total. The van der Waals surface area contributed by atoms with Crippen LogP contribution >= 0.6 is 0 Å². The minimum Gasteiger partial charge on any atom is -0.845 e. The number of aromatic nitrogens is 3. The highest BCUT2D eigenvalue weighted by Gasteiger charge is 2.14. The van der Waals surface area contributed by atoms with Gasteiger partial charge in [0.15, 0.2) is 0 Å². The van der Waals surface area contributed by atoms with Crippen molar-refractivity contribution in [2.45, 2.75) is 13.8 Å². The third-order valence-corrected chi connectivity index (χ3v) is 4.54. The van der Waals surface area contributed by atoms with Gasteiger partial charge in [-0.2, -0.15) is 0 Å². The summed E-state index contributed by atoms with van der Waals surface area (Å²) in [6.07, 6.45) is 0. The third kappa shape index (κ3) is 2.26. The highest BCUT2D eigenvalue weighted by atomic mass is 16.5. The largest absolute Gasteiger partial charge is 0.845 e. The van der Waals surface area contributed by atoms with Crippen LogP contribution in [0.15, 0.2) is 41.2 Å². The second-order valence-corrected chi connectivity index (χ2v) is 6.06.